The molecule has 3 heterocycles. The molecule has 0 bridgehead atoms. The van der Waals surface area contributed by atoms with Crippen molar-refractivity contribution in [2.75, 3.05) is 31.1 Å². The van der Waals surface area contributed by atoms with Gasteiger partial charge < -0.3 is 14.9 Å². The van der Waals surface area contributed by atoms with Crippen LogP contribution in [-0.4, -0.2) is 88.3 Å². The molecule has 12 nitrogen and oxygen atoms in total. The van der Waals surface area contributed by atoms with Gasteiger partial charge in [-0.2, -0.15) is 28.3 Å². The summed E-state index contributed by atoms with van der Waals surface area (Å²) >= 11 is 0.406. The summed E-state index contributed by atoms with van der Waals surface area (Å²) in [6.07, 6.45) is -8.49. The first-order valence-corrected chi connectivity index (χ1v) is 14.8. The number of aliphatic hydroxyl groups excluding tert-OH is 1. The van der Waals surface area contributed by atoms with Crippen LogP contribution in [0.25, 0.3) is 21.6 Å². The zero-order valence-electron chi connectivity index (χ0n) is 21.8. The van der Waals surface area contributed by atoms with Gasteiger partial charge in [0, 0.05) is 31.6 Å². The zero-order chi connectivity index (χ0) is 30.6. The van der Waals surface area contributed by atoms with Crippen LogP contribution in [0, 0.1) is 11.3 Å². The van der Waals surface area contributed by atoms with Gasteiger partial charge in [-0.15, -0.1) is 10.2 Å². The van der Waals surface area contributed by atoms with Gasteiger partial charge in [-0.05, 0) is 31.9 Å². The maximum absolute atomic E-state index is 13.7. The van der Waals surface area contributed by atoms with E-state index in [1.807, 2.05) is 6.07 Å². The van der Waals surface area contributed by atoms with Crippen molar-refractivity contribution in [1.82, 2.24) is 29.6 Å². The first-order chi connectivity index (χ1) is 19.6. The van der Waals surface area contributed by atoms with E-state index in [1.165, 1.54) is 11.8 Å². The minimum Gasteiger partial charge on any atom is -0.384 e. The van der Waals surface area contributed by atoms with Crippen LogP contribution in [0.3, 0.4) is 0 Å². The molecule has 1 aromatic carbocycles. The fourth-order valence-electron chi connectivity index (χ4n) is 4.64. The van der Waals surface area contributed by atoms with Crippen molar-refractivity contribution in [3.05, 3.63) is 17.1 Å². The number of hydrogen-bond acceptors (Lipinski definition) is 10. The van der Waals surface area contributed by atoms with E-state index < -0.39 is 51.7 Å². The molecule has 0 spiro atoms. The quantitative estimate of drug-likeness (QED) is 0.355. The Hall–Kier alpha value is -3.47. The van der Waals surface area contributed by atoms with Crippen LogP contribution >= 0.6 is 11.3 Å². The number of anilines is 1. The van der Waals surface area contributed by atoms with Gasteiger partial charge in [-0.3, -0.25) is 9.48 Å². The smallest absolute Gasteiger partial charge is 0.384 e. The van der Waals surface area contributed by atoms with Crippen molar-refractivity contribution in [3.63, 3.8) is 0 Å². The van der Waals surface area contributed by atoms with Gasteiger partial charge in [-0.1, -0.05) is 11.3 Å². The van der Waals surface area contributed by atoms with E-state index in [0.717, 1.165) is 12.1 Å². The van der Waals surface area contributed by atoms with Crippen LogP contribution in [-0.2, 0) is 21.4 Å². The Bertz CT molecular complexity index is 1670. The van der Waals surface area contributed by atoms with E-state index in [4.69, 9.17) is 0 Å². The Kier molecular flexibility index (Phi) is 7.62. The first kappa shape index (κ1) is 30.0. The molecule has 1 saturated carbocycles. The lowest BCUT2D eigenvalue weighted by Crippen LogP contribution is -2.51. The number of amides is 1. The molecule has 2 N–H and O–H groups in total. The van der Waals surface area contributed by atoms with Crippen LogP contribution in [0.4, 0.5) is 27.6 Å². The molecule has 2 aliphatic rings. The molecule has 0 unspecified atom stereocenters. The maximum Gasteiger partial charge on any atom is 0.408 e. The van der Waals surface area contributed by atoms with Crippen molar-refractivity contribution in [2.24, 2.45) is 0 Å². The van der Waals surface area contributed by atoms with Gasteiger partial charge in [0.2, 0.25) is 10.0 Å². The number of benzene rings is 1. The van der Waals surface area contributed by atoms with E-state index >= 15 is 0 Å². The number of piperazine rings is 1. The van der Waals surface area contributed by atoms with Gasteiger partial charge in [0.15, 0.2) is 10.0 Å². The number of nitriles is 1. The molecule has 1 amide bonds. The second-order valence-corrected chi connectivity index (χ2v) is 12.7. The second kappa shape index (κ2) is 10.7. The Balaban J connectivity index is 1.69. The highest BCUT2D eigenvalue weighted by Gasteiger charge is 2.47. The molecule has 1 atom stereocenters. The lowest BCUT2D eigenvalue weighted by Gasteiger charge is -2.37. The van der Waals surface area contributed by atoms with Crippen molar-refractivity contribution in [3.8, 4) is 16.8 Å². The Morgan fingerprint density at radius 3 is 2.40 bits per heavy atom. The summed E-state index contributed by atoms with van der Waals surface area (Å²) in [4.78, 5) is 14.8. The highest BCUT2D eigenvalue weighted by Crippen LogP contribution is 2.41. The maximum atomic E-state index is 13.7. The first-order valence-electron chi connectivity index (χ1n) is 12.5. The third-order valence-electron chi connectivity index (χ3n) is 6.85. The normalized spacial score (nSPS) is 18.0. The molecule has 226 valence electrons. The number of halogens is 5. The van der Waals surface area contributed by atoms with Crippen LogP contribution in [0.5, 0.6) is 0 Å². The number of aliphatic hydroxyl groups is 1. The molecule has 2 fully saturated rings. The topological polar surface area (TPSA) is 157 Å². The number of alkyl halides is 5. The average Bonchev–Trinajstić information content (AvgIpc) is 3.34. The van der Waals surface area contributed by atoms with Gasteiger partial charge in [0.25, 0.3) is 12.3 Å². The predicted molar refractivity (Wildman–Crippen MR) is 138 cm³/mol. The number of sulfonamides is 1. The fourth-order valence-corrected chi connectivity index (χ4v) is 6.76. The molecule has 2 aromatic heterocycles. The fraction of sp³-hybridized carbons (Fsp3) is 0.522. The highest BCUT2D eigenvalue weighted by atomic mass is 32.2. The molecule has 3 aromatic rings. The number of carbonyl (C=O) groups is 1. The summed E-state index contributed by atoms with van der Waals surface area (Å²) in [5.74, 6) is -0.540. The van der Waals surface area contributed by atoms with E-state index in [1.54, 1.807) is 4.90 Å². The molecule has 1 aliphatic heterocycles. The summed E-state index contributed by atoms with van der Waals surface area (Å²) in [7, 11) is -4.40. The Morgan fingerprint density at radius 1 is 1.21 bits per heavy atom. The lowest BCUT2D eigenvalue weighted by atomic mass is 10.1. The lowest BCUT2D eigenvalue weighted by molar-refractivity contribution is -0.142. The molecular formula is C23H23F5N8O4S2. The van der Waals surface area contributed by atoms with Gasteiger partial charge in [-0.25, -0.2) is 17.2 Å². The van der Waals surface area contributed by atoms with Crippen molar-refractivity contribution in [2.45, 2.75) is 55.5 Å². The largest absolute Gasteiger partial charge is 0.408 e. The summed E-state index contributed by atoms with van der Waals surface area (Å²) in [5, 5.41) is 29.1. The molecule has 1 saturated heterocycles. The van der Waals surface area contributed by atoms with Crippen LogP contribution in [0.2, 0.25) is 0 Å². The molecule has 0 radical (unpaired) electrons. The summed E-state index contributed by atoms with van der Waals surface area (Å²) in [5.41, 5.74) is -1.69. The van der Waals surface area contributed by atoms with Crippen LogP contribution < -0.4 is 9.62 Å². The molecule has 42 heavy (non-hydrogen) atoms. The third-order valence-corrected chi connectivity index (χ3v) is 9.30. The standard InChI is InChI=1S/C23H23F5N8O4S2/c1-12(37)21(38)35-6-4-34(5-7-35)15-9-13(42(39,40)33-22(10-29)2-3-22)8-14-16(19-30-31-20(41-19)18(24)25)32-36(17(14)15)11-23(26,27)28/h8-9,12,18,33,37H,2-7,11H2,1H3/t12-/m0/s1. The summed E-state index contributed by atoms with van der Waals surface area (Å²) < 4.78 is 97.4. The summed E-state index contributed by atoms with van der Waals surface area (Å²) in [6.45, 7) is -0.00320. The average molecular weight is 635 g/mol. The number of fused-ring (bicyclic) bond motifs is 1. The van der Waals surface area contributed by atoms with Crippen molar-refractivity contribution in [1.29, 1.82) is 5.26 Å². The molecule has 5 rings (SSSR count). The Labute approximate surface area is 239 Å². The highest BCUT2D eigenvalue weighted by molar-refractivity contribution is 7.89. The van der Waals surface area contributed by atoms with Crippen molar-refractivity contribution >= 4 is 43.9 Å². The number of hydrogen-bond donors (Lipinski definition) is 2. The second-order valence-electron chi connectivity index (χ2n) is 9.99. The monoisotopic (exact) mass is 634 g/mol. The Morgan fingerprint density at radius 2 is 1.88 bits per heavy atom. The number of nitrogens with one attached hydrogen (secondary N) is 1. The zero-order valence-corrected chi connectivity index (χ0v) is 23.4. The van der Waals surface area contributed by atoms with Crippen LogP contribution in [0.1, 0.15) is 31.2 Å². The van der Waals surface area contributed by atoms with Gasteiger partial charge >= 0.3 is 6.18 Å². The number of nitrogens with zero attached hydrogens (tertiary/aromatic N) is 7. The minimum absolute atomic E-state index is 0.0282. The van der Waals surface area contributed by atoms with Gasteiger partial charge in [0.1, 0.15) is 23.9 Å². The van der Waals surface area contributed by atoms with E-state index in [0.29, 0.717) is 16.0 Å². The van der Waals surface area contributed by atoms with E-state index in [9.17, 15) is 45.5 Å². The molecule has 19 heteroatoms. The molecule has 1 aliphatic carbocycles. The minimum atomic E-state index is -4.76. The SMILES string of the molecule is C[C@H](O)C(=O)N1CCN(c2cc(S(=O)(=O)NC3(C#N)CC3)cc3c(-c4nnc(C(F)F)s4)nn(CC(F)(F)F)c23)CC1. The van der Waals surface area contributed by atoms with Gasteiger partial charge in [0.05, 0.1) is 22.2 Å². The number of carbonyl (C=O) groups excluding carboxylic acids is 1. The third kappa shape index (κ3) is 5.88. The number of aromatic nitrogens is 4. The summed E-state index contributed by atoms with van der Waals surface area (Å²) in [6, 6.07) is 4.14. The number of rotatable bonds is 8. The molecular weight excluding hydrogens is 611 g/mol. The van der Waals surface area contributed by atoms with Crippen molar-refractivity contribution < 1.29 is 40.3 Å². The van der Waals surface area contributed by atoms with E-state index in [2.05, 4.69) is 20.0 Å². The van der Waals surface area contributed by atoms with E-state index in [-0.39, 0.29) is 71.2 Å². The predicted octanol–water partition coefficient (Wildman–Crippen LogP) is 2.42. The van der Waals surface area contributed by atoms with Crippen LogP contribution in [0.15, 0.2) is 17.0 Å².